The first kappa shape index (κ1) is 7.49. The topological polar surface area (TPSA) is 49.4 Å². The molecule has 0 bridgehead atoms. The van der Waals surface area contributed by atoms with E-state index in [4.69, 9.17) is 4.74 Å². The molecule has 1 unspecified atom stereocenters. The maximum Gasteiger partial charge on any atom is 0.188 e. The quantitative estimate of drug-likeness (QED) is 0.623. The van der Waals surface area contributed by atoms with Gasteiger partial charge in [-0.15, -0.1) is 0 Å². The van der Waals surface area contributed by atoms with E-state index in [0.29, 0.717) is 5.75 Å². The van der Waals surface area contributed by atoms with Crippen LogP contribution in [0.15, 0.2) is 29.2 Å². The van der Waals surface area contributed by atoms with E-state index in [1.807, 2.05) is 12.1 Å². The summed E-state index contributed by atoms with van der Waals surface area (Å²) in [5.74, 6) is -0.562. The Morgan fingerprint density at radius 2 is 2.25 bits per heavy atom. The Kier molecular flexibility index (Phi) is 1.69. The Morgan fingerprint density at radius 1 is 1.50 bits per heavy atom. The molecule has 0 aromatic heterocycles. The Bertz CT molecular complexity index is 299. The number of carbonyl (C=O) groups excluding carboxylic acids is 1. The third kappa shape index (κ3) is 1.14. The summed E-state index contributed by atoms with van der Waals surface area (Å²) in [5.41, 5.74) is -0.887. The Hall–Kier alpha value is -1.16. The van der Waals surface area contributed by atoms with Gasteiger partial charge >= 0.3 is 0 Å². The molecule has 0 amide bonds. The molecule has 0 saturated heterocycles. The summed E-state index contributed by atoms with van der Waals surface area (Å²) >= 11 is 1.16. The number of fused-ring (bicyclic) bond motifs is 1. The molecule has 12 heavy (non-hydrogen) atoms. The molecule has 1 aromatic rings. The van der Waals surface area contributed by atoms with E-state index >= 15 is 0 Å². The maximum atomic E-state index is 10.4. The number of hydrogen-bond acceptors (Lipinski definition) is 4. The van der Waals surface area contributed by atoms with Gasteiger partial charge in [-0.1, -0.05) is 23.9 Å². The molecule has 0 fully saturated rings. The highest BCUT2D eigenvalue weighted by atomic mass is 32.2. The number of carbonyl (C=O) groups is 1. The first-order valence-corrected chi connectivity index (χ1v) is 4.28. The summed E-state index contributed by atoms with van der Waals surface area (Å²) in [4.78, 5) is 11.3. The molecule has 0 radical (unpaired) electrons. The maximum absolute atomic E-state index is 10.4. The van der Waals surface area contributed by atoms with Gasteiger partial charge in [-0.05, 0) is 12.1 Å². The van der Waals surface area contributed by atoms with Crippen LogP contribution in [0.25, 0.3) is 0 Å². The highest BCUT2D eigenvalue weighted by Gasteiger charge is 2.23. The molecule has 1 heterocycles. The zero-order valence-corrected chi connectivity index (χ0v) is 6.84. The van der Waals surface area contributed by atoms with Gasteiger partial charge in [-0.3, -0.25) is 0 Å². The van der Waals surface area contributed by atoms with Crippen LogP contribution < -0.4 is 9.84 Å². The fourth-order valence-electron chi connectivity index (χ4n) is 0.996. The van der Waals surface area contributed by atoms with Crippen LogP contribution in [0.1, 0.15) is 0 Å². The lowest BCUT2D eigenvalue weighted by Gasteiger charge is -2.08. The predicted molar refractivity (Wildman–Crippen MR) is 41.7 cm³/mol. The molecule has 2 rings (SSSR count). The number of ether oxygens (including phenoxy) is 1. The van der Waals surface area contributed by atoms with Crippen molar-refractivity contribution in [3.8, 4) is 5.75 Å². The smallest absolute Gasteiger partial charge is 0.188 e. The molecular formula is C8H5O3S-. The molecule has 1 aliphatic rings. The van der Waals surface area contributed by atoms with Gasteiger partial charge in [0.05, 0.1) is 10.9 Å². The number of carboxylic acids is 1. The van der Waals surface area contributed by atoms with Crippen molar-refractivity contribution in [3.05, 3.63) is 24.3 Å². The average Bonchev–Trinajstić information content (AvgIpc) is 2.46. The minimum absolute atomic E-state index is 0.622. The van der Waals surface area contributed by atoms with Gasteiger partial charge in [0.1, 0.15) is 5.75 Å². The van der Waals surface area contributed by atoms with E-state index in [1.54, 1.807) is 12.1 Å². The van der Waals surface area contributed by atoms with Crippen molar-refractivity contribution in [2.24, 2.45) is 0 Å². The highest BCUT2D eigenvalue weighted by molar-refractivity contribution is 8.00. The number of carboxylic acid groups (broad SMARTS) is 1. The van der Waals surface area contributed by atoms with Crippen molar-refractivity contribution in [3.63, 3.8) is 0 Å². The second-order valence-corrected chi connectivity index (χ2v) is 3.44. The summed E-state index contributed by atoms with van der Waals surface area (Å²) in [5, 5.41) is 10.4. The lowest BCUT2D eigenvalue weighted by atomic mass is 10.3. The molecule has 1 atom stereocenters. The van der Waals surface area contributed by atoms with Crippen molar-refractivity contribution in [2.75, 3.05) is 0 Å². The van der Waals surface area contributed by atoms with Crippen LogP contribution in [-0.4, -0.2) is 11.4 Å². The molecule has 0 N–H and O–H groups in total. The van der Waals surface area contributed by atoms with E-state index in [1.165, 1.54) is 0 Å². The number of thioether (sulfide) groups is 1. The lowest BCUT2D eigenvalue weighted by Crippen LogP contribution is -2.35. The van der Waals surface area contributed by atoms with Crippen LogP contribution >= 0.6 is 11.8 Å². The van der Waals surface area contributed by atoms with E-state index in [9.17, 15) is 9.90 Å². The molecule has 0 saturated carbocycles. The number of rotatable bonds is 1. The van der Waals surface area contributed by atoms with Crippen LogP contribution in [0.3, 0.4) is 0 Å². The van der Waals surface area contributed by atoms with E-state index < -0.39 is 11.4 Å². The summed E-state index contributed by atoms with van der Waals surface area (Å²) in [6.07, 6.45) is 0. The van der Waals surface area contributed by atoms with Gasteiger partial charge in [0, 0.05) is 0 Å². The lowest BCUT2D eigenvalue weighted by molar-refractivity contribution is -0.309. The van der Waals surface area contributed by atoms with Gasteiger partial charge < -0.3 is 14.6 Å². The van der Waals surface area contributed by atoms with Crippen LogP contribution in [0.4, 0.5) is 0 Å². The van der Waals surface area contributed by atoms with Crippen LogP contribution in [0.2, 0.25) is 0 Å². The molecule has 62 valence electrons. The van der Waals surface area contributed by atoms with Crippen molar-refractivity contribution < 1.29 is 14.6 Å². The summed E-state index contributed by atoms with van der Waals surface area (Å²) in [6, 6.07) is 7.21. The summed E-state index contributed by atoms with van der Waals surface area (Å²) in [7, 11) is 0. The second-order valence-electron chi connectivity index (χ2n) is 2.33. The monoisotopic (exact) mass is 181 g/mol. The van der Waals surface area contributed by atoms with Gasteiger partial charge in [-0.2, -0.15) is 0 Å². The first-order chi connectivity index (χ1) is 5.77. The predicted octanol–water partition coefficient (Wildman–Crippen LogP) is 0.247. The van der Waals surface area contributed by atoms with Crippen LogP contribution in [0.5, 0.6) is 5.75 Å². The van der Waals surface area contributed by atoms with Crippen LogP contribution in [0, 0.1) is 0 Å². The standard InChI is InChI=1S/C8H6O3S/c9-7(10)8-11-5-3-1-2-4-6(5)12-8/h1-4,8H,(H,9,10)/p-1. The van der Waals surface area contributed by atoms with Gasteiger partial charge in [0.15, 0.2) is 5.44 Å². The van der Waals surface area contributed by atoms with E-state index in [2.05, 4.69) is 0 Å². The SMILES string of the molecule is O=C([O-])C1Oc2ccccc2S1. The third-order valence-corrected chi connectivity index (χ3v) is 2.60. The van der Waals surface area contributed by atoms with Gasteiger partial charge in [0.25, 0.3) is 0 Å². The number of benzene rings is 1. The average molecular weight is 181 g/mol. The largest absolute Gasteiger partial charge is 0.545 e. The van der Waals surface area contributed by atoms with Gasteiger partial charge in [0.2, 0.25) is 0 Å². The van der Waals surface area contributed by atoms with Crippen LogP contribution in [-0.2, 0) is 4.79 Å². The normalized spacial score (nSPS) is 19.8. The zero-order chi connectivity index (χ0) is 8.55. The molecule has 4 heteroatoms. The van der Waals surface area contributed by atoms with Gasteiger partial charge in [-0.25, -0.2) is 0 Å². The fourth-order valence-corrected chi connectivity index (χ4v) is 1.86. The Morgan fingerprint density at radius 3 is 2.92 bits per heavy atom. The van der Waals surface area contributed by atoms with Crippen molar-refractivity contribution in [1.82, 2.24) is 0 Å². The minimum Gasteiger partial charge on any atom is -0.545 e. The Labute approximate surface area is 73.3 Å². The summed E-state index contributed by atoms with van der Waals surface area (Å²) in [6.45, 7) is 0. The minimum atomic E-state index is -1.18. The molecule has 1 aliphatic heterocycles. The molecule has 1 aromatic carbocycles. The first-order valence-electron chi connectivity index (χ1n) is 3.40. The zero-order valence-electron chi connectivity index (χ0n) is 6.02. The molecule has 0 aliphatic carbocycles. The molecular weight excluding hydrogens is 176 g/mol. The fraction of sp³-hybridized carbons (Fsp3) is 0.125. The van der Waals surface area contributed by atoms with Crippen molar-refractivity contribution >= 4 is 17.7 Å². The van der Waals surface area contributed by atoms with Crippen molar-refractivity contribution in [1.29, 1.82) is 0 Å². The highest BCUT2D eigenvalue weighted by Crippen LogP contribution is 2.39. The third-order valence-electron chi connectivity index (χ3n) is 1.51. The Balaban J connectivity index is 2.27. The number of aliphatic carboxylic acids is 1. The number of para-hydroxylation sites is 1. The molecule has 3 nitrogen and oxygen atoms in total. The van der Waals surface area contributed by atoms with E-state index in [0.717, 1.165) is 16.7 Å². The van der Waals surface area contributed by atoms with E-state index in [-0.39, 0.29) is 0 Å². The molecule has 0 spiro atoms. The number of hydrogen-bond donors (Lipinski definition) is 0. The summed E-state index contributed by atoms with van der Waals surface area (Å²) < 4.78 is 5.07. The second kappa shape index (κ2) is 2.71. The van der Waals surface area contributed by atoms with Crippen molar-refractivity contribution in [2.45, 2.75) is 10.3 Å².